The second-order valence-electron chi connectivity index (χ2n) is 9.12. The van der Waals surface area contributed by atoms with Crippen LogP contribution >= 0.6 is 0 Å². The molecule has 4 heteroatoms. The maximum atomic E-state index is 6.03. The third-order valence-corrected chi connectivity index (χ3v) is 7.37. The molecule has 0 N–H and O–H groups in total. The number of benzene rings is 1. The van der Waals surface area contributed by atoms with Gasteiger partial charge in [0.25, 0.3) is 0 Å². The summed E-state index contributed by atoms with van der Waals surface area (Å²) in [5, 5.41) is 0. The lowest BCUT2D eigenvalue weighted by atomic mass is 9.69. The Bertz CT molecular complexity index is 797. The first-order chi connectivity index (χ1) is 14.4. The van der Waals surface area contributed by atoms with E-state index in [0.717, 1.165) is 11.7 Å². The predicted octanol–water partition coefficient (Wildman–Crippen LogP) is 6.25. The largest absolute Gasteiger partial charge is 0.424 e. The Morgan fingerprint density at radius 1 is 0.793 bits per heavy atom. The van der Waals surface area contributed by atoms with Crippen LogP contribution in [0.3, 0.4) is 0 Å². The minimum absolute atomic E-state index is 0.435. The van der Waals surface area contributed by atoms with Gasteiger partial charge in [0.15, 0.2) is 0 Å². The molecule has 1 aromatic carbocycles. The molecule has 29 heavy (non-hydrogen) atoms. The molecule has 5 rings (SSSR count). The molecule has 0 bridgehead atoms. The molecule has 0 spiro atoms. The first-order valence-corrected chi connectivity index (χ1v) is 11.7. The average Bonchev–Trinajstić information content (AvgIpc) is 2.80. The van der Waals surface area contributed by atoms with Crippen LogP contribution in [0, 0.1) is 5.92 Å². The van der Waals surface area contributed by atoms with Gasteiger partial charge in [-0.2, -0.15) is 0 Å². The van der Waals surface area contributed by atoms with Crippen LogP contribution in [0.2, 0.25) is 0 Å². The second-order valence-corrected chi connectivity index (χ2v) is 9.12. The third-order valence-electron chi connectivity index (χ3n) is 7.37. The van der Waals surface area contributed by atoms with Gasteiger partial charge in [-0.15, -0.1) is 0 Å². The fraction of sp³-hybridized carbons (Fsp3) is 0.600. The quantitative estimate of drug-likeness (QED) is 0.617. The van der Waals surface area contributed by atoms with Crippen molar-refractivity contribution in [2.24, 2.45) is 5.92 Å². The molecule has 2 heterocycles. The average molecular weight is 392 g/mol. The van der Waals surface area contributed by atoms with Gasteiger partial charge in [0.1, 0.15) is 5.75 Å². The molecule has 2 atom stereocenters. The number of likely N-dealkylation sites (tertiary alicyclic amines) is 1. The molecule has 2 aliphatic carbocycles. The number of rotatable bonds is 4. The first-order valence-electron chi connectivity index (χ1n) is 11.7. The number of hydrogen-bond acceptors (Lipinski definition) is 4. The molecule has 1 aliphatic heterocycles. The Kier molecular flexibility index (Phi) is 5.80. The molecular weight excluding hydrogens is 358 g/mol. The van der Waals surface area contributed by atoms with Gasteiger partial charge in [-0.1, -0.05) is 31.7 Å². The molecule has 1 saturated heterocycles. The van der Waals surface area contributed by atoms with E-state index in [9.17, 15) is 0 Å². The Hall–Kier alpha value is -1.94. The summed E-state index contributed by atoms with van der Waals surface area (Å²) in [4.78, 5) is 11.2. The van der Waals surface area contributed by atoms with Gasteiger partial charge in [-0.3, -0.25) is 4.90 Å². The van der Waals surface area contributed by atoms with E-state index >= 15 is 0 Å². The Labute approximate surface area is 174 Å². The van der Waals surface area contributed by atoms with Crippen molar-refractivity contribution in [3.05, 3.63) is 47.8 Å². The second kappa shape index (κ2) is 8.83. The van der Waals surface area contributed by atoms with Crippen LogP contribution in [0.15, 0.2) is 36.7 Å². The zero-order valence-corrected chi connectivity index (χ0v) is 17.4. The molecule has 2 fully saturated rings. The van der Waals surface area contributed by atoms with Crippen molar-refractivity contribution in [2.45, 2.75) is 76.2 Å². The number of nitrogens with zero attached hydrogens (tertiary/aromatic N) is 3. The molecule has 154 valence electrons. The summed E-state index contributed by atoms with van der Waals surface area (Å²) in [6.07, 6.45) is 17.2. The van der Waals surface area contributed by atoms with Gasteiger partial charge in [-0.05, 0) is 92.8 Å². The highest BCUT2D eigenvalue weighted by molar-refractivity contribution is 5.42. The predicted molar refractivity (Wildman–Crippen MR) is 115 cm³/mol. The third kappa shape index (κ3) is 4.18. The summed E-state index contributed by atoms with van der Waals surface area (Å²) in [6.45, 7) is 2.52. The van der Waals surface area contributed by atoms with Crippen molar-refractivity contribution in [1.82, 2.24) is 14.9 Å². The van der Waals surface area contributed by atoms with E-state index in [1.807, 2.05) is 6.07 Å². The van der Waals surface area contributed by atoms with E-state index in [0.29, 0.717) is 18.0 Å². The minimum atomic E-state index is 0.435. The first kappa shape index (κ1) is 19.0. The van der Waals surface area contributed by atoms with Crippen LogP contribution < -0.4 is 4.74 Å². The van der Waals surface area contributed by atoms with Crippen LogP contribution in [-0.2, 0) is 0 Å². The zero-order chi connectivity index (χ0) is 19.5. The number of aromatic nitrogens is 2. The fourth-order valence-electron chi connectivity index (χ4n) is 5.97. The van der Waals surface area contributed by atoms with Crippen LogP contribution in [0.4, 0.5) is 0 Å². The minimum Gasteiger partial charge on any atom is -0.424 e. The Morgan fingerprint density at radius 3 is 2.34 bits per heavy atom. The van der Waals surface area contributed by atoms with Crippen molar-refractivity contribution in [1.29, 1.82) is 0 Å². The van der Waals surface area contributed by atoms with E-state index < -0.39 is 0 Å². The van der Waals surface area contributed by atoms with Crippen LogP contribution in [0.25, 0.3) is 0 Å². The summed E-state index contributed by atoms with van der Waals surface area (Å²) in [5.41, 5.74) is 3.11. The van der Waals surface area contributed by atoms with Crippen LogP contribution in [0.5, 0.6) is 11.8 Å². The highest BCUT2D eigenvalue weighted by atomic mass is 16.5. The molecule has 3 aliphatic rings. The lowest BCUT2D eigenvalue weighted by molar-refractivity contribution is 0.136. The summed E-state index contributed by atoms with van der Waals surface area (Å²) >= 11 is 0. The number of hydrogen-bond donors (Lipinski definition) is 0. The van der Waals surface area contributed by atoms with Gasteiger partial charge >= 0.3 is 6.01 Å². The van der Waals surface area contributed by atoms with Gasteiger partial charge in [0.2, 0.25) is 0 Å². The van der Waals surface area contributed by atoms with Crippen molar-refractivity contribution >= 4 is 0 Å². The highest BCUT2D eigenvalue weighted by Gasteiger charge is 2.35. The Balaban J connectivity index is 1.46. The van der Waals surface area contributed by atoms with E-state index in [2.05, 4.69) is 33.1 Å². The van der Waals surface area contributed by atoms with Crippen molar-refractivity contribution in [3.8, 4) is 11.8 Å². The van der Waals surface area contributed by atoms with Crippen LogP contribution in [0.1, 0.15) is 87.3 Å². The van der Waals surface area contributed by atoms with E-state index in [-0.39, 0.29) is 0 Å². The van der Waals surface area contributed by atoms with Crippen molar-refractivity contribution in [2.75, 3.05) is 13.1 Å². The molecule has 1 saturated carbocycles. The SMILES string of the molecule is c1cnc(Oc2ccc3c(c2)C(C2CCCCC2)CCC3N2CCCCC2)nc1. The molecule has 0 radical (unpaired) electrons. The summed E-state index contributed by atoms with van der Waals surface area (Å²) in [5.74, 6) is 2.41. The standard InChI is InChI=1S/C25H33N3O/c1-3-8-19(9-4-1)21-12-13-24(28-16-5-2-6-17-28)22-11-10-20(18-23(21)22)29-25-26-14-7-15-27-25/h7,10-11,14-15,18-19,21,24H,1-6,8-9,12-13,16-17H2. The Morgan fingerprint density at radius 2 is 1.55 bits per heavy atom. The topological polar surface area (TPSA) is 38.2 Å². The molecule has 2 unspecified atom stereocenters. The van der Waals surface area contributed by atoms with Gasteiger partial charge in [-0.25, -0.2) is 9.97 Å². The maximum Gasteiger partial charge on any atom is 0.321 e. The molecule has 0 amide bonds. The molecular formula is C25H33N3O. The van der Waals surface area contributed by atoms with Crippen LogP contribution in [-0.4, -0.2) is 28.0 Å². The molecule has 4 nitrogen and oxygen atoms in total. The summed E-state index contributed by atoms with van der Waals surface area (Å²) in [7, 11) is 0. The molecule has 1 aromatic heterocycles. The summed E-state index contributed by atoms with van der Waals surface area (Å²) < 4.78 is 6.03. The number of piperidine rings is 1. The van der Waals surface area contributed by atoms with Gasteiger partial charge < -0.3 is 4.74 Å². The zero-order valence-electron chi connectivity index (χ0n) is 17.4. The fourth-order valence-corrected chi connectivity index (χ4v) is 5.97. The number of fused-ring (bicyclic) bond motifs is 1. The van der Waals surface area contributed by atoms with E-state index in [1.54, 1.807) is 23.5 Å². The normalized spacial score (nSPS) is 26.1. The lowest BCUT2D eigenvalue weighted by Gasteiger charge is -2.43. The summed E-state index contributed by atoms with van der Waals surface area (Å²) in [6, 6.07) is 9.65. The number of ether oxygens (including phenoxy) is 1. The molecule has 2 aromatic rings. The van der Waals surface area contributed by atoms with Gasteiger partial charge in [0.05, 0.1) is 0 Å². The maximum absolute atomic E-state index is 6.03. The lowest BCUT2D eigenvalue weighted by Crippen LogP contribution is -2.37. The monoisotopic (exact) mass is 391 g/mol. The van der Waals surface area contributed by atoms with E-state index in [1.165, 1.54) is 77.3 Å². The van der Waals surface area contributed by atoms with Crippen molar-refractivity contribution in [3.63, 3.8) is 0 Å². The van der Waals surface area contributed by atoms with Gasteiger partial charge in [0, 0.05) is 18.4 Å². The van der Waals surface area contributed by atoms with Crippen molar-refractivity contribution < 1.29 is 4.74 Å². The van der Waals surface area contributed by atoms with E-state index in [4.69, 9.17) is 4.74 Å². The highest BCUT2D eigenvalue weighted by Crippen LogP contribution is 2.48. The smallest absolute Gasteiger partial charge is 0.321 e.